The van der Waals surface area contributed by atoms with Crippen molar-refractivity contribution in [2.45, 2.75) is 6.54 Å². The Labute approximate surface area is 151 Å². The van der Waals surface area contributed by atoms with Crippen molar-refractivity contribution >= 4 is 27.9 Å². The average molecular weight is 364 g/mol. The number of nitro groups is 1. The molecule has 0 unspecified atom stereocenters. The van der Waals surface area contributed by atoms with Gasteiger partial charge in [-0.2, -0.15) is 16.4 Å². The highest BCUT2D eigenvalue weighted by molar-refractivity contribution is 7.07. The molecule has 4 aromatic rings. The van der Waals surface area contributed by atoms with Crippen molar-refractivity contribution in [2.75, 3.05) is 0 Å². The van der Waals surface area contributed by atoms with E-state index in [9.17, 15) is 14.9 Å². The van der Waals surface area contributed by atoms with Crippen molar-refractivity contribution in [1.29, 1.82) is 0 Å². The Morgan fingerprint density at radius 3 is 2.85 bits per heavy atom. The van der Waals surface area contributed by atoms with Gasteiger partial charge in [-0.25, -0.2) is 4.68 Å². The molecule has 0 N–H and O–H groups in total. The molecule has 3 aromatic heterocycles. The fourth-order valence-electron chi connectivity index (χ4n) is 2.74. The molecule has 0 aliphatic carbocycles. The van der Waals surface area contributed by atoms with Gasteiger partial charge in [0.05, 0.1) is 16.9 Å². The number of thiophene rings is 1. The van der Waals surface area contributed by atoms with Gasteiger partial charge in [-0.3, -0.25) is 19.9 Å². The molecule has 0 radical (unpaired) electrons. The van der Waals surface area contributed by atoms with Crippen molar-refractivity contribution in [3.8, 4) is 11.3 Å². The van der Waals surface area contributed by atoms with Crippen LogP contribution in [-0.4, -0.2) is 19.7 Å². The number of hydrogen-bond donors (Lipinski definition) is 0. The normalized spacial score (nSPS) is 10.9. The summed E-state index contributed by atoms with van der Waals surface area (Å²) in [5, 5.41) is 19.9. The summed E-state index contributed by atoms with van der Waals surface area (Å²) < 4.78 is 1.38. The van der Waals surface area contributed by atoms with Crippen LogP contribution < -0.4 is 5.56 Å². The first-order valence-electron chi connectivity index (χ1n) is 7.75. The van der Waals surface area contributed by atoms with Gasteiger partial charge in [0.2, 0.25) is 0 Å². The molecule has 0 aliphatic heterocycles. The summed E-state index contributed by atoms with van der Waals surface area (Å²) in [4.78, 5) is 27.7. The summed E-state index contributed by atoms with van der Waals surface area (Å²) in [6, 6.07) is 11.5. The molecule has 26 heavy (non-hydrogen) atoms. The minimum absolute atomic E-state index is 0.0380. The molecular formula is C18H12N4O3S. The quantitative estimate of drug-likeness (QED) is 0.408. The van der Waals surface area contributed by atoms with Crippen LogP contribution in [0.25, 0.3) is 22.2 Å². The largest absolute Gasteiger partial charge is 0.276 e. The summed E-state index contributed by atoms with van der Waals surface area (Å²) in [5.41, 5.74) is 2.11. The second kappa shape index (κ2) is 6.49. The third-order valence-corrected chi connectivity index (χ3v) is 4.69. The molecule has 0 spiro atoms. The van der Waals surface area contributed by atoms with Gasteiger partial charge in [-0.05, 0) is 34.5 Å². The molecule has 0 aliphatic rings. The third-order valence-electron chi connectivity index (χ3n) is 3.96. The number of benzene rings is 1. The summed E-state index contributed by atoms with van der Waals surface area (Å²) >= 11 is 1.54. The fraction of sp³-hybridized carbons (Fsp3) is 0.0556. The molecule has 8 heteroatoms. The number of pyridine rings is 1. The number of aromatic nitrogens is 3. The maximum atomic E-state index is 12.8. The van der Waals surface area contributed by atoms with Gasteiger partial charge in [0.15, 0.2) is 0 Å². The smallest absolute Gasteiger partial charge is 0.267 e. The summed E-state index contributed by atoms with van der Waals surface area (Å²) in [5.74, 6) is 0. The van der Waals surface area contributed by atoms with Gasteiger partial charge >= 0.3 is 0 Å². The predicted molar refractivity (Wildman–Crippen MR) is 99.3 cm³/mol. The number of rotatable bonds is 4. The highest BCUT2D eigenvalue weighted by Gasteiger charge is 2.16. The summed E-state index contributed by atoms with van der Waals surface area (Å²) in [7, 11) is 0. The first-order valence-corrected chi connectivity index (χ1v) is 8.69. The molecule has 3 heterocycles. The van der Waals surface area contributed by atoms with Crippen LogP contribution in [-0.2, 0) is 6.54 Å². The van der Waals surface area contributed by atoms with E-state index < -0.39 is 4.92 Å². The molecule has 128 valence electrons. The molecule has 4 rings (SSSR count). The Kier molecular flexibility index (Phi) is 4.02. The lowest BCUT2D eigenvalue weighted by atomic mass is 10.1. The lowest BCUT2D eigenvalue weighted by Crippen LogP contribution is -2.24. The Morgan fingerprint density at radius 1 is 1.19 bits per heavy atom. The van der Waals surface area contributed by atoms with Crippen molar-refractivity contribution < 1.29 is 4.92 Å². The second-order valence-corrected chi connectivity index (χ2v) is 6.43. The Balaban J connectivity index is 1.96. The van der Waals surface area contributed by atoms with E-state index in [0.717, 1.165) is 5.56 Å². The first kappa shape index (κ1) is 16.1. The van der Waals surface area contributed by atoms with Crippen molar-refractivity contribution in [1.82, 2.24) is 14.8 Å². The van der Waals surface area contributed by atoms with E-state index in [1.165, 1.54) is 16.8 Å². The number of hydrogen-bond acceptors (Lipinski definition) is 6. The lowest BCUT2D eigenvalue weighted by molar-refractivity contribution is -0.384. The van der Waals surface area contributed by atoms with E-state index in [-0.39, 0.29) is 11.2 Å². The summed E-state index contributed by atoms with van der Waals surface area (Å²) in [6.07, 6.45) is 1.58. The predicted octanol–water partition coefficient (Wildman–Crippen LogP) is 3.48. The van der Waals surface area contributed by atoms with E-state index in [4.69, 9.17) is 0 Å². The van der Waals surface area contributed by atoms with Gasteiger partial charge < -0.3 is 0 Å². The number of fused-ring (bicyclic) bond motifs is 1. The van der Waals surface area contributed by atoms with Crippen LogP contribution >= 0.6 is 11.3 Å². The standard InChI is InChI=1S/C18H12N4O3S/c23-18-15-5-2-7-19-17(15)16(13-3-1-4-14(9-13)22(24)25)20-21(18)10-12-6-8-26-11-12/h1-9,11H,10H2. The van der Waals surface area contributed by atoms with E-state index in [1.807, 2.05) is 16.8 Å². The van der Waals surface area contributed by atoms with Crippen molar-refractivity contribution in [2.24, 2.45) is 0 Å². The third kappa shape index (κ3) is 2.86. The van der Waals surface area contributed by atoms with E-state index >= 15 is 0 Å². The summed E-state index contributed by atoms with van der Waals surface area (Å²) in [6.45, 7) is 0.328. The highest BCUT2D eigenvalue weighted by Crippen LogP contribution is 2.26. The van der Waals surface area contributed by atoms with Crippen LogP contribution in [0.15, 0.2) is 64.2 Å². The van der Waals surface area contributed by atoms with E-state index in [2.05, 4.69) is 10.1 Å². The molecule has 0 bridgehead atoms. The van der Waals surface area contributed by atoms with Crippen LogP contribution in [0.4, 0.5) is 5.69 Å². The minimum atomic E-state index is -0.458. The number of nitro benzene ring substituents is 1. The van der Waals surface area contributed by atoms with Crippen LogP contribution in [0, 0.1) is 10.1 Å². The van der Waals surface area contributed by atoms with Crippen molar-refractivity contribution in [3.05, 3.63) is 85.5 Å². The van der Waals surface area contributed by atoms with E-state index in [0.29, 0.717) is 28.7 Å². The zero-order valence-corrected chi connectivity index (χ0v) is 14.2. The monoisotopic (exact) mass is 364 g/mol. The SMILES string of the molecule is O=c1c2cccnc2c(-c2cccc([N+](=O)[O-])c2)nn1Cc1ccsc1. The number of nitrogens with zero attached hydrogens (tertiary/aromatic N) is 4. The molecule has 0 saturated carbocycles. The van der Waals surface area contributed by atoms with Gasteiger partial charge in [0.1, 0.15) is 11.2 Å². The molecule has 0 saturated heterocycles. The zero-order chi connectivity index (χ0) is 18.1. The van der Waals surface area contributed by atoms with Gasteiger partial charge in [0.25, 0.3) is 11.2 Å². The van der Waals surface area contributed by atoms with Crippen molar-refractivity contribution in [3.63, 3.8) is 0 Å². The molecule has 0 amide bonds. The van der Waals surface area contributed by atoms with Gasteiger partial charge in [-0.1, -0.05) is 12.1 Å². The molecule has 1 aromatic carbocycles. The Bertz CT molecular complexity index is 1170. The van der Waals surface area contributed by atoms with Crippen LogP contribution in [0.3, 0.4) is 0 Å². The molecule has 7 nitrogen and oxygen atoms in total. The minimum Gasteiger partial charge on any atom is -0.267 e. The first-order chi connectivity index (χ1) is 12.6. The molecular weight excluding hydrogens is 352 g/mol. The maximum absolute atomic E-state index is 12.8. The molecule has 0 fully saturated rings. The van der Waals surface area contributed by atoms with E-state index in [1.54, 1.807) is 41.8 Å². The maximum Gasteiger partial charge on any atom is 0.276 e. The topological polar surface area (TPSA) is 90.9 Å². The Morgan fingerprint density at radius 2 is 2.08 bits per heavy atom. The highest BCUT2D eigenvalue weighted by atomic mass is 32.1. The van der Waals surface area contributed by atoms with Crippen LogP contribution in [0.5, 0.6) is 0 Å². The zero-order valence-electron chi connectivity index (χ0n) is 13.4. The fourth-order valence-corrected chi connectivity index (χ4v) is 3.40. The Hall–Kier alpha value is -3.39. The number of non-ortho nitro benzene ring substituents is 1. The van der Waals surface area contributed by atoms with Crippen LogP contribution in [0.1, 0.15) is 5.56 Å². The average Bonchev–Trinajstić information content (AvgIpc) is 3.17. The van der Waals surface area contributed by atoms with Crippen LogP contribution in [0.2, 0.25) is 0 Å². The van der Waals surface area contributed by atoms with Gasteiger partial charge in [0, 0.05) is 23.9 Å². The molecule has 0 atom stereocenters. The lowest BCUT2D eigenvalue weighted by Gasteiger charge is -2.10. The van der Waals surface area contributed by atoms with Gasteiger partial charge in [-0.15, -0.1) is 0 Å². The second-order valence-electron chi connectivity index (χ2n) is 5.65.